The van der Waals surface area contributed by atoms with Gasteiger partial charge in [0.1, 0.15) is 0 Å². The summed E-state index contributed by atoms with van der Waals surface area (Å²) in [5.41, 5.74) is 3.35. The first-order valence-electron chi connectivity index (χ1n) is 7.00. The van der Waals surface area contributed by atoms with Gasteiger partial charge in [-0.3, -0.25) is 4.79 Å². The monoisotopic (exact) mass is 324 g/mol. The van der Waals surface area contributed by atoms with Gasteiger partial charge >= 0.3 is 0 Å². The fourth-order valence-electron chi connectivity index (χ4n) is 2.37. The fourth-order valence-corrected chi connectivity index (χ4v) is 2.85. The van der Waals surface area contributed by atoms with Crippen LogP contribution in [0.4, 0.5) is 0 Å². The largest absolute Gasteiger partial charge is 0.279 e. The van der Waals surface area contributed by atoms with Gasteiger partial charge in [-0.2, -0.15) is 5.10 Å². The van der Waals surface area contributed by atoms with Crippen LogP contribution in [0, 0.1) is 13.8 Å². The number of unbranched alkanes of at least 4 members (excludes halogenated alkanes) is 1. The van der Waals surface area contributed by atoms with Crippen molar-refractivity contribution in [1.29, 1.82) is 0 Å². The molecule has 0 aliphatic rings. The van der Waals surface area contributed by atoms with E-state index in [9.17, 15) is 4.79 Å². The van der Waals surface area contributed by atoms with Crippen molar-refractivity contribution in [2.45, 2.75) is 40.0 Å². The highest BCUT2D eigenvalue weighted by atomic mass is 35.5. The van der Waals surface area contributed by atoms with E-state index in [1.54, 1.807) is 18.2 Å². The molecule has 5 heteroatoms. The lowest BCUT2D eigenvalue weighted by Gasteiger charge is -2.06. The van der Waals surface area contributed by atoms with E-state index in [1.807, 2.05) is 13.8 Å². The number of rotatable bonds is 4. The number of hydrogen-bond acceptors (Lipinski definition) is 2. The van der Waals surface area contributed by atoms with Crippen molar-refractivity contribution < 1.29 is 4.79 Å². The molecule has 0 radical (unpaired) electrons. The van der Waals surface area contributed by atoms with E-state index in [4.69, 9.17) is 23.2 Å². The van der Waals surface area contributed by atoms with Crippen molar-refractivity contribution >= 4 is 29.1 Å². The van der Waals surface area contributed by atoms with Crippen molar-refractivity contribution in [2.24, 2.45) is 0 Å². The molecule has 1 aromatic heterocycles. The molecule has 1 aromatic carbocycles. The normalized spacial score (nSPS) is 10.9. The van der Waals surface area contributed by atoms with Crippen molar-refractivity contribution in [3.8, 4) is 0 Å². The summed E-state index contributed by atoms with van der Waals surface area (Å²) in [6.45, 7) is 6.01. The first-order valence-corrected chi connectivity index (χ1v) is 7.76. The minimum absolute atomic E-state index is 0.222. The molecule has 0 aliphatic carbocycles. The van der Waals surface area contributed by atoms with E-state index in [2.05, 4.69) is 12.0 Å². The van der Waals surface area contributed by atoms with Gasteiger partial charge in [-0.05, 0) is 50.5 Å². The predicted molar refractivity (Wildman–Crippen MR) is 86.5 cm³/mol. The second-order valence-electron chi connectivity index (χ2n) is 5.09. The fraction of sp³-hybridized carbons (Fsp3) is 0.375. The molecular formula is C16H18Cl2N2O. The van der Waals surface area contributed by atoms with Crippen molar-refractivity contribution in [3.63, 3.8) is 0 Å². The molecule has 0 spiro atoms. The Morgan fingerprint density at radius 3 is 2.62 bits per heavy atom. The molecule has 0 bridgehead atoms. The molecule has 3 nitrogen and oxygen atoms in total. The van der Waals surface area contributed by atoms with Gasteiger partial charge in [0, 0.05) is 10.7 Å². The zero-order valence-corrected chi connectivity index (χ0v) is 13.9. The van der Waals surface area contributed by atoms with E-state index < -0.39 is 0 Å². The highest BCUT2D eigenvalue weighted by Crippen LogP contribution is 2.23. The molecule has 0 aliphatic heterocycles. The smallest absolute Gasteiger partial charge is 0.267 e. The molecule has 2 aromatic rings. The van der Waals surface area contributed by atoms with Crippen LogP contribution in [0.2, 0.25) is 10.0 Å². The van der Waals surface area contributed by atoms with Gasteiger partial charge in [0.05, 0.1) is 16.3 Å². The Balaban J connectivity index is 2.40. The number of hydrogen-bond donors (Lipinski definition) is 0. The van der Waals surface area contributed by atoms with Crippen molar-refractivity contribution in [3.05, 3.63) is 50.8 Å². The summed E-state index contributed by atoms with van der Waals surface area (Å²) in [5, 5.41) is 5.23. The summed E-state index contributed by atoms with van der Waals surface area (Å²) in [6, 6.07) is 4.86. The van der Waals surface area contributed by atoms with Crippen LogP contribution in [-0.2, 0) is 6.42 Å². The Bertz CT molecular complexity index is 677. The third-order valence-corrected chi connectivity index (χ3v) is 4.12. The second-order valence-corrected chi connectivity index (χ2v) is 5.94. The third-order valence-electron chi connectivity index (χ3n) is 3.58. The van der Waals surface area contributed by atoms with Gasteiger partial charge in [-0.25, -0.2) is 4.68 Å². The molecule has 1 heterocycles. The van der Waals surface area contributed by atoms with Gasteiger partial charge < -0.3 is 0 Å². The summed E-state index contributed by atoms with van der Waals surface area (Å²) >= 11 is 12.0. The van der Waals surface area contributed by atoms with Crippen LogP contribution in [0.3, 0.4) is 0 Å². The van der Waals surface area contributed by atoms with Gasteiger partial charge in [0.25, 0.3) is 5.91 Å². The maximum absolute atomic E-state index is 12.6. The number of aryl methyl sites for hydroxylation is 1. The van der Waals surface area contributed by atoms with E-state index in [0.717, 1.165) is 36.2 Å². The maximum Gasteiger partial charge on any atom is 0.279 e. The maximum atomic E-state index is 12.6. The standard InChI is InChI=1S/C16H18Cl2N2O/c1-4-5-6-13-10(2)19-20(11(13)3)16(21)14-8-7-12(17)9-15(14)18/h7-9H,4-6H2,1-3H3. The molecule has 2 rings (SSSR count). The van der Waals surface area contributed by atoms with Crippen LogP contribution < -0.4 is 0 Å². The summed E-state index contributed by atoms with van der Waals surface area (Å²) in [4.78, 5) is 12.6. The van der Waals surface area contributed by atoms with Crippen LogP contribution in [-0.4, -0.2) is 15.7 Å². The number of aromatic nitrogens is 2. The van der Waals surface area contributed by atoms with Crippen LogP contribution >= 0.6 is 23.2 Å². The molecule has 21 heavy (non-hydrogen) atoms. The van der Waals surface area contributed by atoms with E-state index >= 15 is 0 Å². The third kappa shape index (κ3) is 3.30. The SMILES string of the molecule is CCCCc1c(C)nn(C(=O)c2ccc(Cl)cc2Cl)c1C. The van der Waals surface area contributed by atoms with Crippen LogP contribution in [0.1, 0.15) is 47.1 Å². The summed E-state index contributed by atoms with van der Waals surface area (Å²) in [7, 11) is 0. The molecule has 0 N–H and O–H groups in total. The molecule has 0 saturated heterocycles. The molecular weight excluding hydrogens is 307 g/mol. The van der Waals surface area contributed by atoms with Gasteiger partial charge in [-0.1, -0.05) is 36.5 Å². The predicted octanol–water partition coefficient (Wildman–Crippen LogP) is 4.84. The van der Waals surface area contributed by atoms with Crippen LogP contribution in [0.15, 0.2) is 18.2 Å². The Morgan fingerprint density at radius 2 is 2.00 bits per heavy atom. The van der Waals surface area contributed by atoms with Crippen LogP contribution in [0.25, 0.3) is 0 Å². The second kappa shape index (κ2) is 6.63. The number of halogens is 2. The Hall–Kier alpha value is -1.32. The first-order chi connectivity index (χ1) is 9.95. The molecule has 0 fully saturated rings. The molecule has 0 amide bonds. The van der Waals surface area contributed by atoms with Gasteiger partial charge in [0.2, 0.25) is 0 Å². The quantitative estimate of drug-likeness (QED) is 0.806. The molecule has 112 valence electrons. The number of carbonyl (C=O) groups is 1. The zero-order valence-electron chi connectivity index (χ0n) is 12.4. The summed E-state index contributed by atoms with van der Waals surface area (Å²) in [5.74, 6) is -0.222. The molecule has 0 unspecified atom stereocenters. The number of benzene rings is 1. The lowest BCUT2D eigenvalue weighted by atomic mass is 10.1. The molecule has 0 saturated carbocycles. The van der Waals surface area contributed by atoms with E-state index in [0.29, 0.717) is 15.6 Å². The average Bonchev–Trinajstić information content (AvgIpc) is 2.71. The Labute approximate surface area is 134 Å². The highest BCUT2D eigenvalue weighted by Gasteiger charge is 2.19. The van der Waals surface area contributed by atoms with E-state index in [1.165, 1.54) is 4.68 Å². The van der Waals surface area contributed by atoms with Crippen molar-refractivity contribution in [1.82, 2.24) is 9.78 Å². The Morgan fingerprint density at radius 1 is 1.29 bits per heavy atom. The van der Waals surface area contributed by atoms with Crippen molar-refractivity contribution in [2.75, 3.05) is 0 Å². The average molecular weight is 325 g/mol. The number of carbonyl (C=O) groups excluding carboxylic acids is 1. The number of nitrogens with zero attached hydrogens (tertiary/aromatic N) is 2. The van der Waals surface area contributed by atoms with Gasteiger partial charge in [-0.15, -0.1) is 0 Å². The van der Waals surface area contributed by atoms with Crippen LogP contribution in [0.5, 0.6) is 0 Å². The summed E-state index contributed by atoms with van der Waals surface area (Å²) in [6.07, 6.45) is 3.14. The minimum atomic E-state index is -0.222. The molecule has 0 atom stereocenters. The first kappa shape index (κ1) is 16.1. The lowest BCUT2D eigenvalue weighted by Crippen LogP contribution is -2.16. The Kier molecular flexibility index (Phi) is 5.07. The minimum Gasteiger partial charge on any atom is -0.267 e. The summed E-state index contributed by atoms with van der Waals surface area (Å²) < 4.78 is 1.44. The zero-order chi connectivity index (χ0) is 15.6. The lowest BCUT2D eigenvalue weighted by molar-refractivity contribution is 0.0942. The topological polar surface area (TPSA) is 34.9 Å². The highest BCUT2D eigenvalue weighted by molar-refractivity contribution is 6.36. The van der Waals surface area contributed by atoms with E-state index in [-0.39, 0.29) is 5.91 Å². The van der Waals surface area contributed by atoms with Gasteiger partial charge in [0.15, 0.2) is 0 Å².